The maximum absolute atomic E-state index is 4.08. The van der Waals surface area contributed by atoms with E-state index in [0.717, 1.165) is 5.69 Å². The number of thiazole rings is 1. The Labute approximate surface area is 107 Å². The number of halogens is 1. The quantitative estimate of drug-likeness (QED) is 0.863. The summed E-state index contributed by atoms with van der Waals surface area (Å²) in [6, 6.07) is 8.68. The van der Waals surface area contributed by atoms with Gasteiger partial charge in [-0.15, -0.1) is 11.3 Å². The minimum atomic E-state index is 0.315. The zero-order valence-electron chi connectivity index (χ0n) is 8.27. The molecule has 0 aliphatic carbocycles. The molecule has 0 aliphatic heterocycles. The molecule has 1 aromatic heterocycles. The van der Waals surface area contributed by atoms with Gasteiger partial charge in [0.1, 0.15) is 0 Å². The molecule has 1 aromatic carbocycles. The predicted molar refractivity (Wildman–Crippen MR) is 73.3 cm³/mol. The maximum Gasteiger partial charge on any atom is 0.0795 e. The Hall–Kier alpha value is -0.620. The van der Waals surface area contributed by atoms with Gasteiger partial charge < -0.3 is 5.32 Å². The second kappa shape index (κ2) is 4.94. The average Bonchev–Trinajstić information content (AvgIpc) is 2.70. The van der Waals surface area contributed by atoms with Gasteiger partial charge in [0, 0.05) is 20.3 Å². The summed E-state index contributed by atoms with van der Waals surface area (Å²) in [6.07, 6.45) is 1.91. The molecule has 78 valence electrons. The van der Waals surface area contributed by atoms with Crippen molar-refractivity contribution in [2.45, 2.75) is 13.0 Å². The molecule has 0 spiro atoms. The fourth-order valence-electron chi connectivity index (χ4n) is 1.34. The summed E-state index contributed by atoms with van der Waals surface area (Å²) in [6.45, 7) is 2.15. The van der Waals surface area contributed by atoms with Crippen LogP contribution in [0, 0.1) is 3.57 Å². The van der Waals surface area contributed by atoms with Crippen LogP contribution in [0.1, 0.15) is 17.8 Å². The average molecular weight is 330 g/mol. The van der Waals surface area contributed by atoms with E-state index in [1.807, 2.05) is 11.7 Å². The third-order valence-electron chi connectivity index (χ3n) is 2.09. The van der Waals surface area contributed by atoms with Gasteiger partial charge >= 0.3 is 0 Å². The van der Waals surface area contributed by atoms with Gasteiger partial charge in [0.25, 0.3) is 0 Å². The van der Waals surface area contributed by atoms with Gasteiger partial charge in [0.2, 0.25) is 0 Å². The standard InChI is InChI=1S/C11H11IN2S/c1-8(11-6-13-7-15-11)14-10-4-2-3-9(12)5-10/h2-8,14H,1H3. The second-order valence-electron chi connectivity index (χ2n) is 3.28. The molecular formula is C11H11IN2S. The van der Waals surface area contributed by atoms with Crippen molar-refractivity contribution in [1.82, 2.24) is 4.98 Å². The first-order chi connectivity index (χ1) is 7.25. The van der Waals surface area contributed by atoms with Crippen LogP contribution in [0.25, 0.3) is 0 Å². The molecule has 0 saturated heterocycles. The molecule has 0 aliphatic rings. The van der Waals surface area contributed by atoms with Crippen LogP contribution in [0.2, 0.25) is 0 Å². The Morgan fingerprint density at radius 2 is 2.33 bits per heavy atom. The fraction of sp³-hybridized carbons (Fsp3) is 0.182. The molecule has 0 bridgehead atoms. The molecule has 0 radical (unpaired) electrons. The molecule has 1 N–H and O–H groups in total. The summed E-state index contributed by atoms with van der Waals surface area (Å²) >= 11 is 3.99. The molecular weight excluding hydrogens is 319 g/mol. The molecule has 1 unspecified atom stereocenters. The Bertz CT molecular complexity index is 428. The van der Waals surface area contributed by atoms with Gasteiger partial charge in [-0.25, -0.2) is 0 Å². The molecule has 2 rings (SSSR count). The van der Waals surface area contributed by atoms with Crippen LogP contribution >= 0.6 is 33.9 Å². The summed E-state index contributed by atoms with van der Waals surface area (Å²) < 4.78 is 1.24. The first-order valence-electron chi connectivity index (χ1n) is 4.66. The Morgan fingerprint density at radius 1 is 1.47 bits per heavy atom. The second-order valence-corrected chi connectivity index (χ2v) is 5.44. The molecule has 0 amide bonds. The molecule has 1 atom stereocenters. The lowest BCUT2D eigenvalue weighted by molar-refractivity contribution is 0.903. The molecule has 0 saturated carbocycles. The van der Waals surface area contributed by atoms with Gasteiger partial charge in [-0.05, 0) is 47.7 Å². The zero-order chi connectivity index (χ0) is 10.7. The van der Waals surface area contributed by atoms with Crippen LogP contribution in [-0.2, 0) is 0 Å². The van der Waals surface area contributed by atoms with E-state index in [0.29, 0.717) is 6.04 Å². The number of nitrogens with zero attached hydrogens (tertiary/aromatic N) is 1. The number of aromatic nitrogens is 1. The number of nitrogens with one attached hydrogen (secondary N) is 1. The third kappa shape index (κ3) is 2.92. The zero-order valence-corrected chi connectivity index (χ0v) is 11.2. The lowest BCUT2D eigenvalue weighted by Gasteiger charge is -2.13. The van der Waals surface area contributed by atoms with Crippen molar-refractivity contribution in [2.75, 3.05) is 5.32 Å². The van der Waals surface area contributed by atoms with Gasteiger partial charge in [-0.3, -0.25) is 4.98 Å². The van der Waals surface area contributed by atoms with Gasteiger partial charge in [0.05, 0.1) is 11.6 Å². The first-order valence-corrected chi connectivity index (χ1v) is 6.62. The van der Waals surface area contributed by atoms with Gasteiger partial charge in [0.15, 0.2) is 0 Å². The number of rotatable bonds is 3. The highest BCUT2D eigenvalue weighted by atomic mass is 127. The van der Waals surface area contributed by atoms with Gasteiger partial charge in [-0.2, -0.15) is 0 Å². The molecule has 0 fully saturated rings. The van der Waals surface area contributed by atoms with Crippen molar-refractivity contribution < 1.29 is 0 Å². The van der Waals surface area contributed by atoms with E-state index in [4.69, 9.17) is 0 Å². The summed E-state index contributed by atoms with van der Waals surface area (Å²) in [4.78, 5) is 5.34. The van der Waals surface area contributed by atoms with Gasteiger partial charge in [-0.1, -0.05) is 6.07 Å². The van der Waals surface area contributed by atoms with Crippen LogP contribution in [0.4, 0.5) is 5.69 Å². The van der Waals surface area contributed by atoms with Crippen LogP contribution in [0.3, 0.4) is 0 Å². The van der Waals surface area contributed by atoms with Crippen molar-refractivity contribution in [1.29, 1.82) is 0 Å². The fourth-order valence-corrected chi connectivity index (χ4v) is 2.51. The SMILES string of the molecule is CC(Nc1cccc(I)c1)c1cncs1. The first kappa shape index (κ1) is 10.9. The molecule has 4 heteroatoms. The minimum absolute atomic E-state index is 0.315. The third-order valence-corrected chi connectivity index (χ3v) is 3.72. The Morgan fingerprint density at radius 3 is 3.00 bits per heavy atom. The van der Waals surface area contributed by atoms with Crippen molar-refractivity contribution in [3.05, 3.63) is 44.4 Å². The molecule has 15 heavy (non-hydrogen) atoms. The van der Waals surface area contributed by atoms with Crippen molar-refractivity contribution >= 4 is 39.6 Å². The van der Waals surface area contributed by atoms with E-state index in [-0.39, 0.29) is 0 Å². The van der Waals surface area contributed by atoms with Crippen molar-refractivity contribution in [3.63, 3.8) is 0 Å². The van der Waals surface area contributed by atoms with E-state index in [1.54, 1.807) is 11.3 Å². The monoisotopic (exact) mass is 330 g/mol. The lowest BCUT2D eigenvalue weighted by Crippen LogP contribution is -2.04. The lowest BCUT2D eigenvalue weighted by atomic mass is 10.2. The van der Waals surface area contributed by atoms with E-state index in [9.17, 15) is 0 Å². The van der Waals surface area contributed by atoms with Crippen LogP contribution in [-0.4, -0.2) is 4.98 Å². The van der Waals surface area contributed by atoms with E-state index >= 15 is 0 Å². The normalized spacial score (nSPS) is 12.4. The smallest absolute Gasteiger partial charge is 0.0795 e. The van der Waals surface area contributed by atoms with E-state index in [2.05, 4.69) is 64.1 Å². The Balaban J connectivity index is 2.09. The highest BCUT2D eigenvalue weighted by Crippen LogP contribution is 2.22. The summed E-state index contributed by atoms with van der Waals surface area (Å²) in [5.41, 5.74) is 3.02. The van der Waals surface area contributed by atoms with E-state index in [1.165, 1.54) is 8.45 Å². The van der Waals surface area contributed by atoms with Crippen LogP contribution < -0.4 is 5.32 Å². The van der Waals surface area contributed by atoms with Crippen molar-refractivity contribution in [3.8, 4) is 0 Å². The minimum Gasteiger partial charge on any atom is -0.378 e. The van der Waals surface area contributed by atoms with Crippen molar-refractivity contribution in [2.24, 2.45) is 0 Å². The molecule has 2 aromatic rings. The summed E-state index contributed by atoms with van der Waals surface area (Å²) in [5, 5.41) is 3.45. The van der Waals surface area contributed by atoms with E-state index < -0.39 is 0 Å². The highest BCUT2D eigenvalue weighted by Gasteiger charge is 2.06. The summed E-state index contributed by atoms with van der Waals surface area (Å²) in [7, 11) is 0. The largest absolute Gasteiger partial charge is 0.378 e. The maximum atomic E-state index is 4.08. The number of benzene rings is 1. The molecule has 2 nitrogen and oxygen atoms in total. The topological polar surface area (TPSA) is 24.9 Å². The number of hydrogen-bond acceptors (Lipinski definition) is 3. The number of anilines is 1. The Kier molecular flexibility index (Phi) is 3.58. The van der Waals surface area contributed by atoms with Crippen LogP contribution in [0.15, 0.2) is 36.0 Å². The number of hydrogen-bond donors (Lipinski definition) is 1. The predicted octanol–water partition coefficient (Wildman–Crippen LogP) is 3.92. The molecule has 1 heterocycles. The van der Waals surface area contributed by atoms with Crippen LogP contribution in [0.5, 0.6) is 0 Å². The summed E-state index contributed by atoms with van der Waals surface area (Å²) in [5.74, 6) is 0. The highest BCUT2D eigenvalue weighted by molar-refractivity contribution is 14.1.